The van der Waals surface area contributed by atoms with Crippen LogP contribution in [-0.4, -0.2) is 56.8 Å². The van der Waals surface area contributed by atoms with Gasteiger partial charge in [-0.2, -0.15) is 16.9 Å². The summed E-state index contributed by atoms with van der Waals surface area (Å²) in [5.41, 5.74) is 0.879. The van der Waals surface area contributed by atoms with Gasteiger partial charge >= 0.3 is 0 Å². The van der Waals surface area contributed by atoms with E-state index in [1.807, 2.05) is 25.0 Å². The molecule has 20 heavy (non-hydrogen) atoms. The number of anilines is 1. The largest absolute Gasteiger partial charge is 0.370 e. The zero-order chi connectivity index (χ0) is 14.5. The van der Waals surface area contributed by atoms with Gasteiger partial charge < -0.3 is 5.32 Å². The number of hydrogen-bond acceptors (Lipinski definition) is 6. The van der Waals surface area contributed by atoms with E-state index < -0.39 is 0 Å². The first-order valence-electron chi connectivity index (χ1n) is 6.75. The fourth-order valence-electron chi connectivity index (χ4n) is 2.01. The van der Waals surface area contributed by atoms with Crippen LogP contribution in [0.5, 0.6) is 0 Å². The number of thioether (sulfide) groups is 1. The van der Waals surface area contributed by atoms with Gasteiger partial charge in [-0.3, -0.25) is 9.58 Å². The quantitative estimate of drug-likeness (QED) is 0.837. The summed E-state index contributed by atoms with van der Waals surface area (Å²) in [5, 5.41) is 8.54. The van der Waals surface area contributed by atoms with Crippen LogP contribution in [0.4, 0.5) is 5.82 Å². The average Bonchev–Trinajstić information content (AvgIpc) is 2.79. The second-order valence-electron chi connectivity index (χ2n) is 4.75. The highest BCUT2D eigenvalue weighted by Crippen LogP contribution is 2.19. The minimum Gasteiger partial charge on any atom is -0.370 e. The van der Waals surface area contributed by atoms with Gasteiger partial charge in [0.2, 0.25) is 0 Å². The molecular weight excluding hydrogens is 272 g/mol. The molecule has 7 heteroatoms. The van der Waals surface area contributed by atoms with E-state index in [2.05, 4.69) is 45.5 Å². The van der Waals surface area contributed by atoms with Gasteiger partial charge in [-0.05, 0) is 20.2 Å². The Labute approximate surface area is 124 Å². The topological polar surface area (TPSA) is 58.9 Å². The molecule has 2 heterocycles. The summed E-state index contributed by atoms with van der Waals surface area (Å²) in [6.45, 7) is 4.68. The summed E-state index contributed by atoms with van der Waals surface area (Å²) in [7, 11) is 4.01. The highest BCUT2D eigenvalue weighted by molar-refractivity contribution is 7.98. The first-order valence-corrected chi connectivity index (χ1v) is 8.15. The average molecular weight is 294 g/mol. The Kier molecular flexibility index (Phi) is 5.19. The highest BCUT2D eigenvalue weighted by atomic mass is 32.2. The minimum absolute atomic E-state index is 0.750. The van der Waals surface area contributed by atoms with Crippen molar-refractivity contribution >= 4 is 28.6 Å². The summed E-state index contributed by atoms with van der Waals surface area (Å²) < 4.78 is 1.79. The maximum absolute atomic E-state index is 4.63. The van der Waals surface area contributed by atoms with E-state index in [9.17, 15) is 0 Å². The van der Waals surface area contributed by atoms with Crippen LogP contribution in [0.3, 0.4) is 0 Å². The van der Waals surface area contributed by atoms with Crippen LogP contribution in [0.25, 0.3) is 11.0 Å². The summed E-state index contributed by atoms with van der Waals surface area (Å²) in [4.78, 5) is 11.5. The predicted octanol–water partition coefficient (Wildman–Crippen LogP) is 1.59. The Hall–Kier alpha value is -1.34. The zero-order valence-electron chi connectivity index (χ0n) is 12.6. The van der Waals surface area contributed by atoms with Crippen LogP contribution in [0.15, 0.2) is 6.20 Å². The van der Waals surface area contributed by atoms with Gasteiger partial charge in [-0.1, -0.05) is 0 Å². The number of fused-ring (bicyclic) bond motifs is 1. The van der Waals surface area contributed by atoms with E-state index in [4.69, 9.17) is 0 Å². The van der Waals surface area contributed by atoms with E-state index in [1.54, 1.807) is 4.68 Å². The first-order chi connectivity index (χ1) is 9.65. The maximum atomic E-state index is 4.63. The zero-order valence-corrected chi connectivity index (χ0v) is 13.4. The van der Waals surface area contributed by atoms with E-state index in [0.29, 0.717) is 0 Å². The van der Waals surface area contributed by atoms with Gasteiger partial charge in [-0.25, -0.2) is 9.97 Å². The maximum Gasteiger partial charge on any atom is 0.163 e. The van der Waals surface area contributed by atoms with Crippen LogP contribution in [0, 0.1) is 0 Å². The second-order valence-corrected chi connectivity index (χ2v) is 5.74. The van der Waals surface area contributed by atoms with Crippen LogP contribution in [0.1, 0.15) is 12.7 Å². The van der Waals surface area contributed by atoms with Gasteiger partial charge in [0.05, 0.1) is 18.1 Å². The van der Waals surface area contributed by atoms with Crippen molar-refractivity contribution in [2.75, 3.05) is 37.5 Å². The summed E-state index contributed by atoms with van der Waals surface area (Å²) in [5.74, 6) is 2.82. The van der Waals surface area contributed by atoms with Crippen molar-refractivity contribution in [2.24, 2.45) is 7.05 Å². The summed E-state index contributed by atoms with van der Waals surface area (Å²) in [6, 6.07) is 0. The van der Waals surface area contributed by atoms with Crippen molar-refractivity contribution in [3.8, 4) is 0 Å². The fourth-order valence-corrected chi connectivity index (χ4v) is 2.50. The molecule has 0 bridgehead atoms. The Morgan fingerprint density at radius 1 is 1.40 bits per heavy atom. The molecular formula is C13H22N6S. The molecule has 0 amide bonds. The predicted molar refractivity (Wildman–Crippen MR) is 85.2 cm³/mol. The number of rotatable bonds is 7. The molecule has 0 radical (unpaired) electrons. The SMILES string of the molecule is CCNc1nc(CN(C)CCSC)nc2c1cnn2C. The van der Waals surface area contributed by atoms with Crippen LogP contribution < -0.4 is 5.32 Å². The van der Waals surface area contributed by atoms with Crippen LogP contribution in [-0.2, 0) is 13.6 Å². The molecule has 0 aliphatic carbocycles. The van der Waals surface area contributed by atoms with E-state index in [-0.39, 0.29) is 0 Å². The van der Waals surface area contributed by atoms with E-state index >= 15 is 0 Å². The normalized spacial score (nSPS) is 11.4. The highest BCUT2D eigenvalue weighted by Gasteiger charge is 2.12. The van der Waals surface area contributed by atoms with Crippen molar-refractivity contribution in [1.82, 2.24) is 24.6 Å². The molecule has 0 spiro atoms. The Morgan fingerprint density at radius 3 is 2.90 bits per heavy atom. The molecule has 1 N–H and O–H groups in total. The van der Waals surface area contributed by atoms with Gasteiger partial charge in [0, 0.05) is 25.9 Å². The lowest BCUT2D eigenvalue weighted by Crippen LogP contribution is -2.22. The van der Waals surface area contributed by atoms with Crippen molar-refractivity contribution in [3.63, 3.8) is 0 Å². The van der Waals surface area contributed by atoms with Crippen molar-refractivity contribution in [3.05, 3.63) is 12.0 Å². The van der Waals surface area contributed by atoms with E-state index in [1.165, 1.54) is 0 Å². The Balaban J connectivity index is 2.26. The fraction of sp³-hybridized carbons (Fsp3) is 0.615. The van der Waals surface area contributed by atoms with Gasteiger partial charge in [0.25, 0.3) is 0 Å². The van der Waals surface area contributed by atoms with Gasteiger partial charge in [0.1, 0.15) is 11.6 Å². The van der Waals surface area contributed by atoms with Crippen LogP contribution >= 0.6 is 11.8 Å². The minimum atomic E-state index is 0.750. The number of nitrogens with zero attached hydrogens (tertiary/aromatic N) is 5. The molecule has 110 valence electrons. The smallest absolute Gasteiger partial charge is 0.163 e. The first kappa shape index (κ1) is 15.1. The van der Waals surface area contributed by atoms with Gasteiger partial charge in [-0.15, -0.1) is 0 Å². The third-order valence-corrected chi connectivity index (χ3v) is 3.66. The molecule has 0 fully saturated rings. The second kappa shape index (κ2) is 6.90. The molecule has 0 aliphatic rings. The Bertz CT molecular complexity index is 567. The molecule has 0 aromatic carbocycles. The molecule has 2 rings (SSSR count). The molecule has 6 nitrogen and oxygen atoms in total. The molecule has 0 atom stereocenters. The third kappa shape index (κ3) is 3.40. The molecule has 2 aromatic rings. The van der Waals surface area contributed by atoms with Crippen LogP contribution in [0.2, 0.25) is 0 Å². The number of aromatic nitrogens is 4. The summed E-state index contributed by atoms with van der Waals surface area (Å²) in [6.07, 6.45) is 3.93. The number of hydrogen-bond donors (Lipinski definition) is 1. The lowest BCUT2D eigenvalue weighted by Gasteiger charge is -2.15. The molecule has 0 saturated heterocycles. The molecule has 2 aromatic heterocycles. The molecule has 0 saturated carbocycles. The number of nitrogens with one attached hydrogen (secondary N) is 1. The van der Waals surface area contributed by atoms with Crippen molar-refractivity contribution < 1.29 is 0 Å². The molecule has 0 unspecified atom stereocenters. The lowest BCUT2D eigenvalue weighted by atomic mass is 10.3. The molecule has 0 aliphatic heterocycles. The third-order valence-electron chi connectivity index (χ3n) is 3.07. The monoisotopic (exact) mass is 294 g/mol. The van der Waals surface area contributed by atoms with E-state index in [0.717, 1.165) is 48.1 Å². The lowest BCUT2D eigenvalue weighted by molar-refractivity contribution is 0.339. The Morgan fingerprint density at radius 2 is 2.20 bits per heavy atom. The number of aryl methyl sites for hydroxylation is 1. The van der Waals surface area contributed by atoms with Crippen molar-refractivity contribution in [1.29, 1.82) is 0 Å². The van der Waals surface area contributed by atoms with Gasteiger partial charge in [0.15, 0.2) is 5.65 Å². The standard InChI is InChI=1S/C13H22N6S/c1-5-14-12-10-8-15-19(3)13(10)17-11(16-12)9-18(2)6-7-20-4/h8H,5-7,9H2,1-4H3,(H,14,16,17). The summed E-state index contributed by atoms with van der Waals surface area (Å²) >= 11 is 1.85. The van der Waals surface area contributed by atoms with Crippen molar-refractivity contribution in [2.45, 2.75) is 13.5 Å².